The molecule has 5 unspecified atom stereocenters. The number of hydrogen-bond acceptors (Lipinski definition) is 7. The van der Waals surface area contributed by atoms with Crippen molar-refractivity contribution in [2.45, 2.75) is 63.7 Å². The number of thiol groups is 1. The van der Waals surface area contributed by atoms with E-state index < -0.39 is 47.9 Å². The standard InChI is InChI=1S/C26H40N8O5S/c1-3-14(2)21(27)24(37)33-19(11-15-12-31-17-8-5-4-7-16(15)17)22(35)34-20(13-40)23(36)32-18(25(38)39)9-6-10-30-26(28)29/h4-5,7-8,12,14,18-21,31,40H,3,6,9-11,13,27H2,1-2H3,(H,32,36)(H,33,37)(H,34,35)(H,38,39)(H4,28,29,30). The van der Waals surface area contributed by atoms with Gasteiger partial charge in [0.05, 0.1) is 6.04 Å². The molecule has 1 heterocycles. The van der Waals surface area contributed by atoms with Crippen molar-refractivity contribution in [3.05, 3.63) is 36.0 Å². The van der Waals surface area contributed by atoms with E-state index in [9.17, 15) is 24.3 Å². The lowest BCUT2D eigenvalue weighted by Gasteiger charge is -2.25. The normalized spacial score (nSPS) is 14.8. The molecule has 220 valence electrons. The van der Waals surface area contributed by atoms with Crippen molar-refractivity contribution in [1.29, 1.82) is 0 Å². The Balaban J connectivity index is 2.18. The van der Waals surface area contributed by atoms with Gasteiger partial charge in [-0.05, 0) is 30.4 Å². The number of benzene rings is 1. The van der Waals surface area contributed by atoms with Crippen LogP contribution in [0.1, 0.15) is 38.7 Å². The summed E-state index contributed by atoms with van der Waals surface area (Å²) in [6, 6.07) is 3.24. The topological polar surface area (TPSA) is 231 Å². The summed E-state index contributed by atoms with van der Waals surface area (Å²) in [7, 11) is 0. The van der Waals surface area contributed by atoms with E-state index in [0.29, 0.717) is 12.8 Å². The molecule has 0 saturated carbocycles. The lowest BCUT2D eigenvalue weighted by molar-refractivity contribution is -0.142. The molecule has 0 aliphatic rings. The van der Waals surface area contributed by atoms with Gasteiger partial charge < -0.3 is 43.2 Å². The Kier molecular flexibility index (Phi) is 12.7. The van der Waals surface area contributed by atoms with Crippen LogP contribution in [0.25, 0.3) is 10.9 Å². The van der Waals surface area contributed by atoms with Crippen molar-refractivity contribution in [2.24, 2.45) is 28.1 Å². The molecular weight excluding hydrogens is 536 g/mol. The monoisotopic (exact) mass is 576 g/mol. The predicted molar refractivity (Wildman–Crippen MR) is 157 cm³/mol. The highest BCUT2D eigenvalue weighted by Crippen LogP contribution is 2.19. The van der Waals surface area contributed by atoms with Gasteiger partial charge in [-0.25, -0.2) is 4.79 Å². The highest BCUT2D eigenvalue weighted by atomic mass is 32.1. The van der Waals surface area contributed by atoms with E-state index in [2.05, 4.69) is 38.6 Å². The zero-order valence-electron chi connectivity index (χ0n) is 22.7. The van der Waals surface area contributed by atoms with Crippen LogP contribution in [0, 0.1) is 5.92 Å². The second kappa shape index (κ2) is 15.7. The minimum atomic E-state index is -1.24. The van der Waals surface area contributed by atoms with Crippen molar-refractivity contribution in [3.63, 3.8) is 0 Å². The van der Waals surface area contributed by atoms with E-state index in [1.807, 2.05) is 38.1 Å². The number of nitrogens with zero attached hydrogens (tertiary/aromatic N) is 1. The maximum atomic E-state index is 13.4. The average Bonchev–Trinajstić information content (AvgIpc) is 3.34. The highest BCUT2D eigenvalue weighted by Gasteiger charge is 2.31. The number of fused-ring (bicyclic) bond motifs is 1. The number of aliphatic imine (C=N–C) groups is 1. The second-order valence-corrected chi connectivity index (χ2v) is 9.99. The van der Waals surface area contributed by atoms with Gasteiger partial charge in [0.1, 0.15) is 18.1 Å². The number of aliphatic carboxylic acids is 1. The molecule has 5 atom stereocenters. The van der Waals surface area contributed by atoms with Crippen molar-refractivity contribution in [2.75, 3.05) is 12.3 Å². The summed E-state index contributed by atoms with van der Waals surface area (Å²) in [5.74, 6) is -3.45. The molecule has 1 aromatic carbocycles. The number of rotatable bonds is 16. The average molecular weight is 577 g/mol. The molecule has 0 fully saturated rings. The van der Waals surface area contributed by atoms with Gasteiger partial charge in [0.15, 0.2) is 5.96 Å². The summed E-state index contributed by atoms with van der Waals surface area (Å²) in [4.78, 5) is 57.9. The van der Waals surface area contributed by atoms with Crippen LogP contribution in [0.15, 0.2) is 35.5 Å². The van der Waals surface area contributed by atoms with Gasteiger partial charge in [-0.15, -0.1) is 0 Å². The second-order valence-electron chi connectivity index (χ2n) is 9.63. The molecule has 2 aromatic rings. The molecule has 2 rings (SSSR count). The molecule has 3 amide bonds. The smallest absolute Gasteiger partial charge is 0.326 e. The Morgan fingerprint density at radius 1 is 1.02 bits per heavy atom. The number of aromatic nitrogens is 1. The summed E-state index contributed by atoms with van der Waals surface area (Å²) in [5, 5.41) is 18.2. The lowest BCUT2D eigenvalue weighted by atomic mass is 9.98. The zero-order chi connectivity index (χ0) is 29.8. The van der Waals surface area contributed by atoms with Crippen molar-refractivity contribution >= 4 is 53.2 Å². The number of guanidine groups is 1. The number of carboxylic acids is 1. The van der Waals surface area contributed by atoms with E-state index in [-0.39, 0.29) is 37.0 Å². The van der Waals surface area contributed by atoms with Gasteiger partial charge in [-0.2, -0.15) is 12.6 Å². The fraction of sp³-hybridized carbons (Fsp3) is 0.500. The third-order valence-electron chi connectivity index (χ3n) is 6.67. The number of nitrogens with one attached hydrogen (secondary N) is 4. The van der Waals surface area contributed by atoms with Crippen molar-refractivity contribution < 1.29 is 24.3 Å². The van der Waals surface area contributed by atoms with Gasteiger partial charge in [0.25, 0.3) is 0 Å². The maximum Gasteiger partial charge on any atom is 0.326 e. The molecule has 13 nitrogen and oxygen atoms in total. The van der Waals surface area contributed by atoms with E-state index in [0.717, 1.165) is 16.5 Å². The number of H-pyrrole nitrogens is 1. The number of carbonyl (C=O) groups excluding carboxylic acids is 3. The summed E-state index contributed by atoms with van der Waals surface area (Å²) < 4.78 is 0. The van der Waals surface area contributed by atoms with Crippen LogP contribution in [-0.4, -0.2) is 76.2 Å². The maximum absolute atomic E-state index is 13.4. The lowest BCUT2D eigenvalue weighted by Crippen LogP contribution is -2.58. The molecular formula is C26H40N8O5S. The van der Waals surface area contributed by atoms with Gasteiger partial charge >= 0.3 is 5.97 Å². The Morgan fingerprint density at radius 2 is 1.65 bits per heavy atom. The van der Waals surface area contributed by atoms with Crippen LogP contribution < -0.4 is 33.2 Å². The van der Waals surface area contributed by atoms with Gasteiger partial charge in [0, 0.05) is 35.8 Å². The minimum absolute atomic E-state index is 0.0673. The first-order valence-electron chi connectivity index (χ1n) is 13.1. The number of carbonyl (C=O) groups is 4. The Bertz CT molecular complexity index is 1200. The van der Waals surface area contributed by atoms with Crippen molar-refractivity contribution in [3.8, 4) is 0 Å². The quantitative estimate of drug-likeness (QED) is 0.0551. The molecule has 0 bridgehead atoms. The number of para-hydroxylation sites is 1. The van der Waals surface area contributed by atoms with E-state index in [1.165, 1.54) is 0 Å². The first kappa shape index (κ1) is 32.4. The predicted octanol–water partition coefficient (Wildman–Crippen LogP) is -0.394. The number of hydrogen-bond donors (Lipinski definition) is 9. The molecule has 14 heteroatoms. The molecule has 40 heavy (non-hydrogen) atoms. The number of aromatic amines is 1. The van der Waals surface area contributed by atoms with E-state index in [1.54, 1.807) is 6.20 Å². The molecule has 0 aliphatic heterocycles. The summed E-state index contributed by atoms with van der Waals surface area (Å²) in [6.07, 6.45) is 2.93. The number of amides is 3. The number of nitrogens with two attached hydrogens (primary N) is 3. The third-order valence-corrected chi connectivity index (χ3v) is 7.03. The largest absolute Gasteiger partial charge is 0.480 e. The first-order valence-corrected chi connectivity index (χ1v) is 13.7. The molecule has 1 aromatic heterocycles. The molecule has 0 saturated heterocycles. The SMILES string of the molecule is CCC(C)C(N)C(=O)NC(Cc1c[nH]c2ccccc12)C(=O)NC(CS)C(=O)NC(CCCN=C(N)N)C(=O)O. The Hall–Kier alpha value is -3.78. The van der Waals surface area contributed by atoms with E-state index >= 15 is 0 Å². The van der Waals surface area contributed by atoms with Crippen LogP contribution in [0.4, 0.5) is 0 Å². The summed E-state index contributed by atoms with van der Waals surface area (Å²) >= 11 is 4.18. The van der Waals surface area contributed by atoms with Crippen LogP contribution in [-0.2, 0) is 25.6 Å². The van der Waals surface area contributed by atoms with Crippen molar-refractivity contribution in [1.82, 2.24) is 20.9 Å². The summed E-state index contributed by atoms with van der Waals surface area (Å²) in [6.45, 7) is 3.95. The molecule has 0 spiro atoms. The van der Waals surface area contributed by atoms with E-state index in [4.69, 9.17) is 17.2 Å². The summed E-state index contributed by atoms with van der Waals surface area (Å²) in [5.41, 5.74) is 18.3. The van der Waals surface area contributed by atoms with Crippen LogP contribution in [0.3, 0.4) is 0 Å². The molecule has 0 aliphatic carbocycles. The Morgan fingerprint density at radius 3 is 2.27 bits per heavy atom. The molecule has 11 N–H and O–H groups in total. The van der Waals surface area contributed by atoms with Crippen LogP contribution in [0.5, 0.6) is 0 Å². The van der Waals surface area contributed by atoms with Crippen LogP contribution >= 0.6 is 12.6 Å². The minimum Gasteiger partial charge on any atom is -0.480 e. The third kappa shape index (κ3) is 9.45. The fourth-order valence-corrected chi connectivity index (χ4v) is 4.27. The first-order chi connectivity index (χ1) is 19.0. The number of carboxylic acid groups (broad SMARTS) is 1. The fourth-order valence-electron chi connectivity index (χ4n) is 4.01. The highest BCUT2D eigenvalue weighted by molar-refractivity contribution is 7.80. The van der Waals surface area contributed by atoms with Crippen LogP contribution in [0.2, 0.25) is 0 Å². The zero-order valence-corrected chi connectivity index (χ0v) is 23.6. The van der Waals surface area contributed by atoms with Gasteiger partial charge in [0.2, 0.25) is 17.7 Å². The Labute approximate surface area is 238 Å². The van der Waals surface area contributed by atoms with Gasteiger partial charge in [-0.1, -0.05) is 38.5 Å². The molecule has 0 radical (unpaired) electrons. The van der Waals surface area contributed by atoms with Gasteiger partial charge in [-0.3, -0.25) is 19.4 Å².